The third kappa shape index (κ3) is 4.62. The van der Waals surface area contributed by atoms with Gasteiger partial charge in [0, 0.05) is 11.6 Å². The maximum Gasteiger partial charge on any atom is 0.309 e. The molecule has 1 saturated heterocycles. The Morgan fingerprint density at radius 1 is 1.10 bits per heavy atom. The zero-order valence-electron chi connectivity index (χ0n) is 16.7. The van der Waals surface area contributed by atoms with E-state index in [1.807, 2.05) is 25.1 Å². The summed E-state index contributed by atoms with van der Waals surface area (Å²) in [6.07, 6.45) is 1.69. The Bertz CT molecular complexity index is 975. The fraction of sp³-hybridized carbons (Fsp3) is 0.391. The van der Waals surface area contributed by atoms with Gasteiger partial charge in [0.2, 0.25) is 0 Å². The second kappa shape index (κ2) is 8.97. The van der Waals surface area contributed by atoms with Crippen LogP contribution in [0, 0.1) is 5.92 Å². The molecule has 5 nitrogen and oxygen atoms in total. The number of imidazole rings is 1. The van der Waals surface area contributed by atoms with Crippen molar-refractivity contribution in [3.05, 3.63) is 64.9 Å². The van der Waals surface area contributed by atoms with E-state index in [-0.39, 0.29) is 11.9 Å². The number of likely N-dealkylation sites (tertiary alicyclic amines) is 1. The number of benzene rings is 2. The summed E-state index contributed by atoms with van der Waals surface area (Å²) in [5, 5.41) is 0.744. The number of piperidine rings is 1. The summed E-state index contributed by atoms with van der Waals surface area (Å²) in [6.45, 7) is 5.61. The molecule has 1 aliphatic rings. The van der Waals surface area contributed by atoms with Crippen molar-refractivity contribution >= 4 is 28.6 Å². The first-order valence-electron chi connectivity index (χ1n) is 10.2. The van der Waals surface area contributed by atoms with Gasteiger partial charge in [0.15, 0.2) is 0 Å². The van der Waals surface area contributed by atoms with Crippen LogP contribution in [-0.4, -0.2) is 40.1 Å². The number of hydrogen-bond donors (Lipinski definition) is 0. The minimum absolute atomic E-state index is 0.0269. The van der Waals surface area contributed by atoms with Crippen LogP contribution in [-0.2, 0) is 22.6 Å². The van der Waals surface area contributed by atoms with Gasteiger partial charge in [0.1, 0.15) is 5.82 Å². The average molecular weight is 412 g/mol. The van der Waals surface area contributed by atoms with Crippen molar-refractivity contribution < 1.29 is 9.53 Å². The smallest absolute Gasteiger partial charge is 0.309 e. The Morgan fingerprint density at radius 3 is 2.55 bits per heavy atom. The number of carbonyl (C=O) groups excluding carboxylic acids is 1. The molecule has 152 valence electrons. The van der Waals surface area contributed by atoms with Crippen LogP contribution in [0.2, 0.25) is 5.02 Å². The first-order chi connectivity index (χ1) is 14.1. The van der Waals surface area contributed by atoms with Crippen molar-refractivity contribution in [2.75, 3.05) is 19.7 Å². The molecule has 4 rings (SSSR count). The normalized spacial score (nSPS) is 15.7. The number of para-hydroxylation sites is 2. The standard InChI is InChI=1S/C23H26ClN3O2/c1-2-29-23(28)18-11-13-26(14-12-18)16-22-25-20-5-3-4-6-21(20)27(22)15-17-7-9-19(24)10-8-17/h3-10,18H,2,11-16H2,1H3. The molecule has 0 aliphatic carbocycles. The molecule has 0 amide bonds. The maximum atomic E-state index is 12.0. The molecule has 0 atom stereocenters. The Morgan fingerprint density at radius 2 is 1.83 bits per heavy atom. The molecule has 0 saturated carbocycles. The average Bonchev–Trinajstić information content (AvgIpc) is 3.07. The number of nitrogens with zero attached hydrogens (tertiary/aromatic N) is 3. The van der Waals surface area contributed by atoms with Gasteiger partial charge in [-0.15, -0.1) is 0 Å². The van der Waals surface area contributed by atoms with E-state index in [2.05, 4.69) is 39.8 Å². The van der Waals surface area contributed by atoms with Gasteiger partial charge in [-0.1, -0.05) is 35.9 Å². The molecule has 3 aromatic rings. The van der Waals surface area contributed by atoms with Gasteiger partial charge in [-0.2, -0.15) is 0 Å². The number of halogens is 1. The van der Waals surface area contributed by atoms with E-state index >= 15 is 0 Å². The topological polar surface area (TPSA) is 47.4 Å². The van der Waals surface area contributed by atoms with Crippen LogP contribution in [0.3, 0.4) is 0 Å². The molecule has 29 heavy (non-hydrogen) atoms. The highest BCUT2D eigenvalue weighted by molar-refractivity contribution is 6.30. The summed E-state index contributed by atoms with van der Waals surface area (Å²) in [5.74, 6) is 1.02. The molecule has 0 N–H and O–H groups in total. The summed E-state index contributed by atoms with van der Waals surface area (Å²) in [5.41, 5.74) is 3.34. The molecule has 1 fully saturated rings. The highest BCUT2D eigenvalue weighted by atomic mass is 35.5. The molecule has 2 heterocycles. The van der Waals surface area contributed by atoms with Gasteiger partial charge in [0.05, 0.1) is 30.1 Å². The van der Waals surface area contributed by atoms with Gasteiger partial charge in [-0.05, 0) is 62.7 Å². The summed E-state index contributed by atoms with van der Waals surface area (Å²) in [6, 6.07) is 16.2. The Balaban J connectivity index is 1.51. The number of carbonyl (C=O) groups is 1. The van der Waals surface area contributed by atoms with Gasteiger partial charge >= 0.3 is 5.97 Å². The second-order valence-electron chi connectivity index (χ2n) is 7.53. The van der Waals surface area contributed by atoms with E-state index in [0.717, 1.165) is 60.9 Å². The molecular weight excluding hydrogens is 386 g/mol. The molecule has 1 aromatic heterocycles. The minimum atomic E-state index is -0.0536. The lowest BCUT2D eigenvalue weighted by atomic mass is 9.97. The zero-order chi connectivity index (χ0) is 20.2. The molecule has 6 heteroatoms. The quantitative estimate of drug-likeness (QED) is 0.560. The van der Waals surface area contributed by atoms with Crippen LogP contribution < -0.4 is 0 Å². The Hall–Kier alpha value is -2.37. The van der Waals surface area contributed by atoms with E-state index in [0.29, 0.717) is 6.61 Å². The molecule has 1 aliphatic heterocycles. The summed E-state index contributed by atoms with van der Waals surface area (Å²) >= 11 is 6.04. The number of rotatable bonds is 6. The van der Waals surface area contributed by atoms with Crippen molar-refractivity contribution in [2.24, 2.45) is 5.92 Å². The van der Waals surface area contributed by atoms with E-state index in [1.54, 1.807) is 0 Å². The number of fused-ring (bicyclic) bond motifs is 1. The summed E-state index contributed by atoms with van der Waals surface area (Å²) in [7, 11) is 0. The molecule has 0 radical (unpaired) electrons. The lowest BCUT2D eigenvalue weighted by Crippen LogP contribution is -2.37. The largest absolute Gasteiger partial charge is 0.466 e. The van der Waals surface area contributed by atoms with E-state index < -0.39 is 0 Å². The van der Waals surface area contributed by atoms with Gasteiger partial charge in [-0.3, -0.25) is 9.69 Å². The number of aromatic nitrogens is 2. The van der Waals surface area contributed by atoms with Crippen molar-refractivity contribution in [3.63, 3.8) is 0 Å². The SMILES string of the molecule is CCOC(=O)C1CCN(Cc2nc3ccccc3n2Cc2ccc(Cl)cc2)CC1. The third-order valence-corrected chi connectivity index (χ3v) is 5.81. The van der Waals surface area contributed by atoms with E-state index in [1.165, 1.54) is 5.56 Å². The Kier molecular flexibility index (Phi) is 6.16. The van der Waals surface area contributed by atoms with E-state index in [9.17, 15) is 4.79 Å². The predicted molar refractivity (Wildman–Crippen MR) is 115 cm³/mol. The summed E-state index contributed by atoms with van der Waals surface area (Å²) in [4.78, 5) is 19.3. The van der Waals surface area contributed by atoms with Gasteiger partial charge < -0.3 is 9.30 Å². The monoisotopic (exact) mass is 411 g/mol. The van der Waals surface area contributed by atoms with Crippen LogP contribution in [0.1, 0.15) is 31.2 Å². The van der Waals surface area contributed by atoms with Gasteiger partial charge in [-0.25, -0.2) is 4.98 Å². The lowest BCUT2D eigenvalue weighted by Gasteiger charge is -2.30. The van der Waals surface area contributed by atoms with Crippen LogP contribution in [0.5, 0.6) is 0 Å². The van der Waals surface area contributed by atoms with Crippen molar-refractivity contribution in [2.45, 2.75) is 32.9 Å². The molecule has 2 aromatic carbocycles. The third-order valence-electron chi connectivity index (χ3n) is 5.56. The minimum Gasteiger partial charge on any atom is -0.466 e. The number of esters is 1. The fourth-order valence-corrected chi connectivity index (χ4v) is 4.11. The van der Waals surface area contributed by atoms with Crippen molar-refractivity contribution in [1.29, 1.82) is 0 Å². The molecule has 0 bridgehead atoms. The van der Waals surface area contributed by atoms with Crippen molar-refractivity contribution in [3.8, 4) is 0 Å². The van der Waals surface area contributed by atoms with E-state index in [4.69, 9.17) is 21.3 Å². The fourth-order valence-electron chi connectivity index (χ4n) is 3.98. The van der Waals surface area contributed by atoms with Crippen LogP contribution in [0.25, 0.3) is 11.0 Å². The van der Waals surface area contributed by atoms with Crippen LogP contribution in [0.4, 0.5) is 0 Å². The summed E-state index contributed by atoms with van der Waals surface area (Å²) < 4.78 is 7.47. The number of ether oxygens (including phenoxy) is 1. The second-order valence-corrected chi connectivity index (χ2v) is 7.97. The predicted octanol–water partition coefficient (Wildman–Crippen LogP) is 4.51. The van der Waals surface area contributed by atoms with Crippen LogP contribution >= 0.6 is 11.6 Å². The lowest BCUT2D eigenvalue weighted by molar-refractivity contribution is -0.149. The Labute approximate surface area is 176 Å². The number of hydrogen-bond acceptors (Lipinski definition) is 4. The first kappa shape index (κ1) is 19.9. The molecular formula is C23H26ClN3O2. The highest BCUT2D eigenvalue weighted by Gasteiger charge is 2.26. The zero-order valence-corrected chi connectivity index (χ0v) is 17.4. The first-order valence-corrected chi connectivity index (χ1v) is 10.6. The maximum absolute atomic E-state index is 12.0. The van der Waals surface area contributed by atoms with Crippen LogP contribution in [0.15, 0.2) is 48.5 Å². The van der Waals surface area contributed by atoms with Crippen molar-refractivity contribution in [1.82, 2.24) is 14.5 Å². The van der Waals surface area contributed by atoms with Gasteiger partial charge in [0.25, 0.3) is 0 Å². The molecule has 0 unspecified atom stereocenters. The molecule has 0 spiro atoms. The highest BCUT2D eigenvalue weighted by Crippen LogP contribution is 2.23.